The van der Waals surface area contributed by atoms with Crippen LogP contribution in [0.1, 0.15) is 46.0 Å². The van der Waals surface area contributed by atoms with Crippen LogP contribution in [0, 0.1) is 17.8 Å². The maximum atomic E-state index is 14.8. The van der Waals surface area contributed by atoms with Crippen LogP contribution >= 0.6 is 0 Å². The van der Waals surface area contributed by atoms with Gasteiger partial charge in [-0.25, -0.2) is 0 Å². The summed E-state index contributed by atoms with van der Waals surface area (Å²) in [6, 6.07) is 12.9. The van der Waals surface area contributed by atoms with Gasteiger partial charge in [0.1, 0.15) is 17.6 Å². The molecule has 3 saturated heterocycles. The van der Waals surface area contributed by atoms with Gasteiger partial charge in [0.2, 0.25) is 5.91 Å². The number of hydrogen-bond donors (Lipinski definition) is 1. The molecule has 3 unspecified atom stereocenters. The molecular weight excluding hydrogens is 532 g/mol. The SMILES string of the molecule is C=CCCOC(=O)[C@H]1[C@H]2C(=O)N(CCCCCO)C(C(=O)N(CC=C)c3ccc4ccccc4c3)C23CC(C)[C@]1(C)O3. The number of ether oxygens (including phenoxy) is 2. The van der Waals surface area contributed by atoms with Crippen molar-refractivity contribution in [1.82, 2.24) is 4.90 Å². The number of fused-ring (bicyclic) bond motifs is 2. The Morgan fingerprint density at radius 2 is 1.90 bits per heavy atom. The molecule has 2 aromatic carbocycles. The second-order valence-electron chi connectivity index (χ2n) is 12.0. The Hall–Kier alpha value is -3.49. The first-order valence-corrected chi connectivity index (χ1v) is 15.0. The summed E-state index contributed by atoms with van der Waals surface area (Å²) in [6.07, 6.45) is 6.30. The van der Waals surface area contributed by atoms with Crippen molar-refractivity contribution in [2.24, 2.45) is 17.8 Å². The fourth-order valence-corrected chi connectivity index (χ4v) is 7.46. The van der Waals surface area contributed by atoms with Gasteiger partial charge in [-0.2, -0.15) is 0 Å². The average Bonchev–Trinajstić information content (AvgIpc) is 3.49. The molecule has 224 valence electrons. The van der Waals surface area contributed by atoms with Gasteiger partial charge in [-0.1, -0.05) is 49.4 Å². The van der Waals surface area contributed by atoms with Crippen molar-refractivity contribution in [2.45, 2.75) is 63.2 Å². The Morgan fingerprint density at radius 1 is 1.14 bits per heavy atom. The number of unbranched alkanes of at least 4 members (excludes halogenated alkanes) is 2. The van der Waals surface area contributed by atoms with E-state index in [9.17, 15) is 19.5 Å². The van der Waals surface area contributed by atoms with Gasteiger partial charge in [-0.3, -0.25) is 14.4 Å². The molecule has 2 aromatic rings. The molecule has 8 nitrogen and oxygen atoms in total. The van der Waals surface area contributed by atoms with E-state index in [1.54, 1.807) is 22.0 Å². The molecule has 2 amide bonds. The largest absolute Gasteiger partial charge is 0.465 e. The third-order valence-electron chi connectivity index (χ3n) is 9.55. The quantitative estimate of drug-likeness (QED) is 0.213. The number of aliphatic hydroxyl groups is 1. The maximum absolute atomic E-state index is 14.8. The first kappa shape index (κ1) is 30.0. The van der Waals surface area contributed by atoms with Gasteiger partial charge in [0, 0.05) is 25.4 Å². The Labute approximate surface area is 248 Å². The molecule has 1 spiro atoms. The number of amides is 2. The van der Waals surface area contributed by atoms with Crippen molar-refractivity contribution in [3.05, 3.63) is 67.8 Å². The molecule has 0 radical (unpaired) electrons. The lowest BCUT2D eigenvalue weighted by Crippen LogP contribution is -2.57. The highest BCUT2D eigenvalue weighted by Gasteiger charge is 2.80. The number of carbonyl (C=O) groups excluding carboxylic acids is 3. The maximum Gasteiger partial charge on any atom is 0.312 e. The summed E-state index contributed by atoms with van der Waals surface area (Å²) < 4.78 is 12.5. The van der Waals surface area contributed by atoms with Crippen LogP contribution in [0.25, 0.3) is 10.8 Å². The van der Waals surface area contributed by atoms with Gasteiger partial charge in [-0.15, -0.1) is 13.2 Å². The highest BCUT2D eigenvalue weighted by molar-refractivity contribution is 6.05. The van der Waals surface area contributed by atoms with Gasteiger partial charge in [0.05, 0.1) is 18.1 Å². The normalized spacial score (nSPS) is 29.5. The predicted molar refractivity (Wildman–Crippen MR) is 162 cm³/mol. The molecule has 6 atom stereocenters. The lowest BCUT2D eigenvalue weighted by molar-refractivity contribution is -0.161. The minimum absolute atomic E-state index is 0.0650. The van der Waals surface area contributed by atoms with E-state index in [1.807, 2.05) is 56.3 Å². The molecule has 8 heteroatoms. The minimum Gasteiger partial charge on any atom is -0.465 e. The van der Waals surface area contributed by atoms with Gasteiger partial charge >= 0.3 is 5.97 Å². The highest BCUT2D eigenvalue weighted by Crippen LogP contribution is 2.65. The van der Waals surface area contributed by atoms with Gasteiger partial charge in [0.25, 0.3) is 5.91 Å². The summed E-state index contributed by atoms with van der Waals surface area (Å²) in [7, 11) is 0. The number of hydrogen-bond acceptors (Lipinski definition) is 6. The van der Waals surface area contributed by atoms with Gasteiger partial charge in [0.15, 0.2) is 0 Å². The van der Waals surface area contributed by atoms with Crippen molar-refractivity contribution >= 4 is 34.2 Å². The zero-order valence-corrected chi connectivity index (χ0v) is 24.7. The Balaban J connectivity index is 1.56. The molecule has 3 aliphatic rings. The summed E-state index contributed by atoms with van der Waals surface area (Å²) in [5.74, 6) is -2.65. The van der Waals surface area contributed by atoms with Crippen molar-refractivity contribution in [2.75, 3.05) is 31.2 Å². The third kappa shape index (κ3) is 4.84. The molecule has 5 rings (SSSR count). The fourth-order valence-electron chi connectivity index (χ4n) is 7.46. The minimum atomic E-state index is -1.16. The molecular formula is C34H42N2O6. The lowest BCUT2D eigenvalue weighted by Gasteiger charge is -2.37. The number of benzene rings is 2. The van der Waals surface area contributed by atoms with Crippen LogP contribution in [0.4, 0.5) is 5.69 Å². The summed E-state index contributed by atoms with van der Waals surface area (Å²) >= 11 is 0. The predicted octanol–water partition coefficient (Wildman–Crippen LogP) is 4.65. The molecule has 0 aromatic heterocycles. The van der Waals surface area contributed by atoms with Gasteiger partial charge in [-0.05, 0) is 67.9 Å². The Morgan fingerprint density at radius 3 is 2.62 bits per heavy atom. The molecule has 42 heavy (non-hydrogen) atoms. The number of nitrogens with zero attached hydrogens (tertiary/aromatic N) is 2. The van der Waals surface area contributed by atoms with E-state index >= 15 is 0 Å². The zero-order chi connectivity index (χ0) is 30.1. The first-order chi connectivity index (χ1) is 20.2. The standard InChI is InChI=1S/C34H42N2O6/c1-5-7-20-41-32(40)28-27-30(38)36(18-11-8-12-19-37)29(34(27)22-23(3)33(28,4)42-34)31(39)35(17-6-2)26-16-15-24-13-9-10-14-25(24)21-26/h5-6,9-10,13-16,21,23,27-29,37H,1-2,7-8,11-12,17-20,22H2,3-4H3/t23?,27-,28+,29?,33-,34?/m0/s1. The van der Waals surface area contributed by atoms with Gasteiger partial charge < -0.3 is 24.4 Å². The second kappa shape index (κ2) is 12.0. The number of likely N-dealkylation sites (tertiary alicyclic amines) is 1. The molecule has 2 bridgehead atoms. The lowest BCUT2D eigenvalue weighted by atomic mass is 9.62. The summed E-state index contributed by atoms with van der Waals surface area (Å²) in [6.45, 7) is 12.3. The van der Waals surface area contributed by atoms with E-state index in [0.717, 1.165) is 10.8 Å². The van der Waals surface area contributed by atoms with E-state index in [1.165, 1.54) is 0 Å². The number of carbonyl (C=O) groups is 3. The topological polar surface area (TPSA) is 96.4 Å². The number of aliphatic hydroxyl groups excluding tert-OH is 1. The van der Waals surface area contributed by atoms with Crippen LogP contribution < -0.4 is 4.90 Å². The smallest absolute Gasteiger partial charge is 0.312 e. The first-order valence-electron chi connectivity index (χ1n) is 15.0. The Kier molecular flexibility index (Phi) is 8.58. The molecule has 3 fully saturated rings. The average molecular weight is 575 g/mol. The van der Waals surface area contributed by atoms with Crippen LogP contribution in [-0.4, -0.2) is 71.3 Å². The van der Waals surface area contributed by atoms with Crippen molar-refractivity contribution < 1.29 is 29.0 Å². The summed E-state index contributed by atoms with van der Waals surface area (Å²) in [5, 5.41) is 11.4. The molecule has 0 saturated carbocycles. The van der Waals surface area contributed by atoms with E-state index in [4.69, 9.17) is 9.47 Å². The summed E-state index contributed by atoms with van der Waals surface area (Å²) in [5.41, 5.74) is -1.38. The van der Waals surface area contributed by atoms with Crippen LogP contribution in [0.5, 0.6) is 0 Å². The zero-order valence-electron chi connectivity index (χ0n) is 24.7. The van der Waals surface area contributed by atoms with Crippen molar-refractivity contribution in [1.29, 1.82) is 0 Å². The van der Waals surface area contributed by atoms with Crippen LogP contribution in [0.2, 0.25) is 0 Å². The monoisotopic (exact) mass is 574 g/mol. The highest BCUT2D eigenvalue weighted by atomic mass is 16.6. The molecule has 3 aliphatic heterocycles. The van der Waals surface area contributed by atoms with Crippen molar-refractivity contribution in [3.8, 4) is 0 Å². The van der Waals surface area contributed by atoms with Crippen LogP contribution in [0.3, 0.4) is 0 Å². The fraction of sp³-hybridized carbons (Fsp3) is 0.500. The van der Waals surface area contributed by atoms with E-state index < -0.39 is 35.0 Å². The van der Waals surface area contributed by atoms with E-state index in [-0.39, 0.29) is 37.5 Å². The third-order valence-corrected chi connectivity index (χ3v) is 9.55. The number of rotatable bonds is 13. The van der Waals surface area contributed by atoms with Crippen LogP contribution in [0.15, 0.2) is 67.8 Å². The molecule has 1 N–H and O–H groups in total. The second-order valence-corrected chi connectivity index (χ2v) is 12.0. The summed E-state index contributed by atoms with van der Waals surface area (Å²) in [4.78, 5) is 46.0. The molecule has 0 aliphatic carbocycles. The van der Waals surface area contributed by atoms with E-state index in [0.29, 0.717) is 44.3 Å². The van der Waals surface area contributed by atoms with Crippen molar-refractivity contribution in [3.63, 3.8) is 0 Å². The van der Waals surface area contributed by atoms with E-state index in [2.05, 4.69) is 13.2 Å². The Bertz CT molecular complexity index is 1370. The number of esters is 1. The number of anilines is 1. The van der Waals surface area contributed by atoms with Crippen LogP contribution in [-0.2, 0) is 23.9 Å². The molecule has 3 heterocycles.